The second-order valence-corrected chi connectivity index (χ2v) is 8.97. The zero-order valence-electron chi connectivity index (χ0n) is 17.1. The lowest BCUT2D eigenvalue weighted by atomic mass is 10.1. The zero-order valence-corrected chi connectivity index (χ0v) is 19.5. The van der Waals surface area contributed by atoms with Crippen LogP contribution < -0.4 is 10.5 Å². The first kappa shape index (κ1) is 20.5. The summed E-state index contributed by atoms with van der Waals surface area (Å²) >= 11 is 4.98. The summed E-state index contributed by atoms with van der Waals surface area (Å²) in [7, 11) is 1.60. The van der Waals surface area contributed by atoms with Gasteiger partial charge in [-0.1, -0.05) is 34.1 Å². The van der Waals surface area contributed by atoms with Crippen LogP contribution in [0.4, 0.5) is 5.69 Å². The Labute approximate surface area is 197 Å². The normalized spacial score (nSPS) is 11.1. The molecule has 0 atom stereocenters. The molecule has 0 aliphatic heterocycles. The second kappa shape index (κ2) is 8.26. The number of fused-ring (bicyclic) bond motifs is 1. The fourth-order valence-corrected chi connectivity index (χ4v) is 4.87. The average Bonchev–Trinajstić information content (AvgIpc) is 3.41. The second-order valence-electron chi connectivity index (χ2n) is 7.20. The van der Waals surface area contributed by atoms with Crippen LogP contribution in [0.3, 0.4) is 0 Å². The molecule has 0 bridgehead atoms. The fraction of sp³-hybridized carbons (Fsp3) is 0.0400. The van der Waals surface area contributed by atoms with Gasteiger partial charge in [0.05, 0.1) is 29.6 Å². The van der Waals surface area contributed by atoms with Crippen LogP contribution in [0, 0.1) is 0 Å². The highest BCUT2D eigenvalue weighted by atomic mass is 79.9. The first-order valence-electron chi connectivity index (χ1n) is 9.86. The topological polar surface area (TPSA) is 69.6 Å². The van der Waals surface area contributed by atoms with Gasteiger partial charge in [-0.3, -0.25) is 4.79 Å². The van der Waals surface area contributed by atoms with Gasteiger partial charge in [0.1, 0.15) is 16.5 Å². The number of rotatable bonds is 5. The molecule has 3 heterocycles. The predicted molar refractivity (Wildman–Crippen MR) is 132 cm³/mol. The van der Waals surface area contributed by atoms with Gasteiger partial charge in [-0.25, -0.2) is 4.98 Å². The Morgan fingerprint density at radius 3 is 2.53 bits per heavy atom. The first-order chi connectivity index (χ1) is 15.6. The van der Waals surface area contributed by atoms with Crippen LogP contribution in [-0.4, -0.2) is 22.3 Å². The largest absolute Gasteiger partial charge is 0.497 e. The molecule has 5 rings (SSSR count). The summed E-state index contributed by atoms with van der Waals surface area (Å²) in [4.78, 5) is 18.3. The van der Waals surface area contributed by atoms with Crippen molar-refractivity contribution in [1.82, 2.24) is 9.38 Å². The summed E-state index contributed by atoms with van der Waals surface area (Å²) in [6.45, 7) is 0. The maximum atomic E-state index is 13.4. The van der Waals surface area contributed by atoms with Crippen molar-refractivity contribution in [3.8, 4) is 27.6 Å². The van der Waals surface area contributed by atoms with Crippen LogP contribution in [0.2, 0.25) is 0 Å². The van der Waals surface area contributed by atoms with E-state index in [0.29, 0.717) is 22.7 Å². The van der Waals surface area contributed by atoms with Crippen LogP contribution in [0.5, 0.6) is 5.75 Å². The number of nitrogens with two attached hydrogens (primary N) is 1. The van der Waals surface area contributed by atoms with Crippen molar-refractivity contribution in [3.05, 3.63) is 94.0 Å². The molecule has 0 aliphatic rings. The number of carbonyl (C=O) groups excluding carboxylic acids is 1. The molecule has 3 aromatic heterocycles. The predicted octanol–water partition coefficient (Wildman–Crippen LogP) is 6.31. The highest BCUT2D eigenvalue weighted by Crippen LogP contribution is 2.39. The number of carbonyl (C=O) groups is 1. The number of ether oxygens (including phenoxy) is 1. The Morgan fingerprint density at radius 1 is 1.06 bits per heavy atom. The fourth-order valence-electron chi connectivity index (χ4n) is 3.71. The van der Waals surface area contributed by atoms with Crippen LogP contribution in [0.15, 0.2) is 82.8 Å². The van der Waals surface area contributed by atoms with Gasteiger partial charge in [0.25, 0.3) is 0 Å². The van der Waals surface area contributed by atoms with Gasteiger partial charge < -0.3 is 14.9 Å². The Bertz CT molecular complexity index is 1440. The number of anilines is 1. The van der Waals surface area contributed by atoms with Crippen molar-refractivity contribution in [2.75, 3.05) is 12.8 Å². The molecule has 32 heavy (non-hydrogen) atoms. The van der Waals surface area contributed by atoms with E-state index in [1.165, 1.54) is 11.3 Å². The number of aromatic nitrogens is 2. The molecule has 0 unspecified atom stereocenters. The van der Waals surface area contributed by atoms with Crippen LogP contribution >= 0.6 is 27.3 Å². The molecule has 0 radical (unpaired) electrons. The number of halogens is 1. The van der Waals surface area contributed by atoms with Gasteiger partial charge in [0.2, 0.25) is 5.78 Å². The highest BCUT2D eigenvalue weighted by molar-refractivity contribution is 9.10. The SMILES string of the molecule is COc1ccc(C(=O)c2c(N)c(-c3nc(-c4ccc(Br)cc4)cs3)c3ccccn23)cc1. The molecule has 2 aromatic carbocycles. The summed E-state index contributed by atoms with van der Waals surface area (Å²) in [6.07, 6.45) is 1.86. The quantitative estimate of drug-likeness (QED) is 0.285. The smallest absolute Gasteiger partial charge is 0.211 e. The number of nitrogens with zero attached hydrogens (tertiary/aromatic N) is 2. The van der Waals surface area contributed by atoms with Crippen molar-refractivity contribution in [3.63, 3.8) is 0 Å². The number of hydrogen-bond acceptors (Lipinski definition) is 5. The van der Waals surface area contributed by atoms with Gasteiger partial charge in [-0.05, 0) is 48.5 Å². The molecule has 0 saturated heterocycles. The Morgan fingerprint density at radius 2 is 1.81 bits per heavy atom. The van der Waals surface area contributed by atoms with Gasteiger partial charge in [-0.2, -0.15) is 0 Å². The molecule has 2 N–H and O–H groups in total. The lowest BCUT2D eigenvalue weighted by molar-refractivity contribution is 0.103. The number of nitrogen functional groups attached to an aromatic ring is 1. The van der Waals surface area contributed by atoms with Gasteiger partial charge in [-0.15, -0.1) is 11.3 Å². The first-order valence-corrected chi connectivity index (χ1v) is 11.5. The van der Waals surface area contributed by atoms with E-state index in [9.17, 15) is 4.79 Å². The van der Waals surface area contributed by atoms with Crippen molar-refractivity contribution >= 4 is 44.3 Å². The number of ketones is 1. The minimum absolute atomic E-state index is 0.151. The minimum atomic E-state index is -0.151. The lowest BCUT2D eigenvalue weighted by Gasteiger charge is -2.05. The van der Waals surface area contributed by atoms with Crippen molar-refractivity contribution in [1.29, 1.82) is 0 Å². The lowest BCUT2D eigenvalue weighted by Crippen LogP contribution is -2.08. The zero-order chi connectivity index (χ0) is 22.2. The van der Waals surface area contributed by atoms with Gasteiger partial charge >= 0.3 is 0 Å². The number of hydrogen-bond donors (Lipinski definition) is 1. The molecule has 0 aliphatic carbocycles. The Balaban J connectivity index is 1.63. The van der Waals surface area contributed by atoms with Crippen LogP contribution in [0.1, 0.15) is 16.1 Å². The average molecular weight is 504 g/mol. The third-order valence-electron chi connectivity index (χ3n) is 5.31. The van der Waals surface area contributed by atoms with E-state index in [4.69, 9.17) is 15.5 Å². The van der Waals surface area contributed by atoms with E-state index in [-0.39, 0.29) is 5.78 Å². The molecular weight excluding hydrogens is 486 g/mol. The van der Waals surface area contributed by atoms with Crippen LogP contribution in [-0.2, 0) is 0 Å². The van der Waals surface area contributed by atoms with E-state index in [1.54, 1.807) is 31.4 Å². The molecule has 158 valence electrons. The monoisotopic (exact) mass is 503 g/mol. The third kappa shape index (κ3) is 3.49. The highest BCUT2D eigenvalue weighted by Gasteiger charge is 2.25. The van der Waals surface area contributed by atoms with Crippen molar-refractivity contribution in [2.45, 2.75) is 0 Å². The van der Waals surface area contributed by atoms with E-state index in [2.05, 4.69) is 15.9 Å². The van der Waals surface area contributed by atoms with E-state index >= 15 is 0 Å². The number of benzene rings is 2. The summed E-state index contributed by atoms with van der Waals surface area (Å²) in [5.41, 5.74) is 11.5. The maximum Gasteiger partial charge on any atom is 0.211 e. The minimum Gasteiger partial charge on any atom is -0.497 e. The number of thiazole rings is 1. The van der Waals surface area contributed by atoms with E-state index in [0.717, 1.165) is 31.8 Å². The molecule has 0 spiro atoms. The summed E-state index contributed by atoms with van der Waals surface area (Å²) in [5.74, 6) is 0.542. The Kier molecular flexibility index (Phi) is 5.28. The molecule has 5 aromatic rings. The number of methoxy groups -OCH3 is 1. The molecule has 5 nitrogen and oxygen atoms in total. The van der Waals surface area contributed by atoms with E-state index < -0.39 is 0 Å². The molecule has 7 heteroatoms. The number of pyridine rings is 1. The van der Waals surface area contributed by atoms with Crippen molar-refractivity contribution < 1.29 is 9.53 Å². The van der Waals surface area contributed by atoms with Gasteiger partial charge in [0, 0.05) is 27.2 Å². The van der Waals surface area contributed by atoms with Crippen LogP contribution in [0.25, 0.3) is 27.3 Å². The standard InChI is InChI=1S/C25H18BrN3O2S/c1-31-18-11-7-16(8-12-18)24(30)23-22(27)21(20-4-2-3-13-29(20)23)25-28-19(14-32-25)15-5-9-17(26)10-6-15/h2-14H,27H2,1H3. The molecule has 0 amide bonds. The molecule has 0 fully saturated rings. The maximum absolute atomic E-state index is 13.4. The van der Waals surface area contributed by atoms with Gasteiger partial charge in [0.15, 0.2) is 0 Å². The molecular formula is C25H18BrN3O2S. The Hall–Kier alpha value is -3.42. The van der Waals surface area contributed by atoms with E-state index in [1.807, 2.05) is 58.4 Å². The summed E-state index contributed by atoms with van der Waals surface area (Å²) < 4.78 is 8.07. The summed E-state index contributed by atoms with van der Waals surface area (Å²) in [5, 5.41) is 2.79. The summed E-state index contributed by atoms with van der Waals surface area (Å²) in [6, 6.07) is 20.8. The molecule has 0 saturated carbocycles. The van der Waals surface area contributed by atoms with Crippen molar-refractivity contribution in [2.24, 2.45) is 0 Å². The third-order valence-corrected chi connectivity index (χ3v) is 6.70.